The molecule has 0 radical (unpaired) electrons. The molecule has 1 aromatic rings. The van der Waals surface area contributed by atoms with Crippen molar-refractivity contribution in [3.8, 4) is 0 Å². The number of para-hydroxylation sites is 1. The Balaban J connectivity index is 0.00000108. The Morgan fingerprint density at radius 2 is 1.94 bits per heavy atom. The van der Waals surface area contributed by atoms with Gasteiger partial charge in [-0.15, -0.1) is 12.4 Å². The van der Waals surface area contributed by atoms with Gasteiger partial charge in [0.2, 0.25) is 0 Å². The summed E-state index contributed by atoms with van der Waals surface area (Å²) in [5.41, 5.74) is 9.25. The van der Waals surface area contributed by atoms with E-state index >= 15 is 0 Å². The van der Waals surface area contributed by atoms with Gasteiger partial charge in [0.15, 0.2) is 0 Å². The van der Waals surface area contributed by atoms with Crippen molar-refractivity contribution in [3.63, 3.8) is 0 Å². The number of benzene rings is 1. The Morgan fingerprint density at radius 1 is 1.29 bits per heavy atom. The molecule has 1 atom stereocenters. The SMILES string of the molecule is CN1c2ccccc2[C@@H](N)C12CCNCC2.Cl. The molecule has 2 heterocycles. The van der Waals surface area contributed by atoms with Gasteiger partial charge in [-0.2, -0.15) is 0 Å². The highest BCUT2D eigenvalue weighted by Crippen LogP contribution is 2.48. The molecule has 3 rings (SSSR count). The van der Waals surface area contributed by atoms with E-state index in [2.05, 4.69) is 41.5 Å². The van der Waals surface area contributed by atoms with Crippen LogP contribution >= 0.6 is 12.4 Å². The molecule has 1 fully saturated rings. The lowest BCUT2D eigenvalue weighted by atomic mass is 9.81. The molecule has 94 valence electrons. The topological polar surface area (TPSA) is 41.3 Å². The van der Waals surface area contributed by atoms with Gasteiger partial charge in [-0.05, 0) is 37.6 Å². The number of nitrogens with two attached hydrogens (primary N) is 1. The standard InChI is InChI=1S/C13H19N3.ClH/c1-16-11-5-3-2-4-10(11)12(14)13(16)6-8-15-9-7-13;/h2-5,12,15H,6-9,14H2,1H3;1H/t12-;/m1./s1. The van der Waals surface area contributed by atoms with E-state index in [0.717, 1.165) is 25.9 Å². The second-order valence-electron chi connectivity index (χ2n) is 4.95. The van der Waals surface area contributed by atoms with Gasteiger partial charge in [-0.25, -0.2) is 0 Å². The number of hydrogen-bond donors (Lipinski definition) is 2. The summed E-state index contributed by atoms with van der Waals surface area (Å²) in [5.74, 6) is 0. The lowest BCUT2D eigenvalue weighted by molar-refractivity contribution is 0.268. The second-order valence-corrected chi connectivity index (χ2v) is 4.95. The number of rotatable bonds is 0. The van der Waals surface area contributed by atoms with Gasteiger partial charge in [-0.3, -0.25) is 0 Å². The fourth-order valence-corrected chi connectivity index (χ4v) is 3.30. The number of hydrogen-bond acceptors (Lipinski definition) is 3. The predicted molar refractivity (Wildman–Crippen MR) is 73.9 cm³/mol. The molecule has 0 bridgehead atoms. The molecule has 0 unspecified atom stereocenters. The Kier molecular flexibility index (Phi) is 3.34. The summed E-state index contributed by atoms with van der Waals surface area (Å²) >= 11 is 0. The summed E-state index contributed by atoms with van der Waals surface area (Å²) in [4.78, 5) is 2.41. The maximum absolute atomic E-state index is 6.48. The minimum atomic E-state index is 0. The van der Waals surface area contributed by atoms with E-state index in [4.69, 9.17) is 5.73 Å². The van der Waals surface area contributed by atoms with Crippen molar-refractivity contribution in [2.75, 3.05) is 25.0 Å². The first-order chi connectivity index (χ1) is 7.76. The molecule has 3 N–H and O–H groups in total. The van der Waals surface area contributed by atoms with Crippen molar-refractivity contribution in [2.24, 2.45) is 5.73 Å². The van der Waals surface area contributed by atoms with Crippen molar-refractivity contribution in [2.45, 2.75) is 24.4 Å². The van der Waals surface area contributed by atoms with Crippen molar-refractivity contribution in [1.82, 2.24) is 5.32 Å². The number of likely N-dealkylation sites (N-methyl/N-ethyl adjacent to an activating group) is 1. The van der Waals surface area contributed by atoms with E-state index in [9.17, 15) is 0 Å². The molecule has 0 saturated carbocycles. The van der Waals surface area contributed by atoms with Crippen LogP contribution in [-0.2, 0) is 0 Å². The monoisotopic (exact) mass is 253 g/mol. The minimum Gasteiger partial charge on any atom is -0.367 e. The van der Waals surface area contributed by atoms with E-state index in [-0.39, 0.29) is 24.0 Å². The van der Waals surface area contributed by atoms with E-state index in [1.54, 1.807) is 0 Å². The van der Waals surface area contributed by atoms with Gasteiger partial charge in [0, 0.05) is 12.7 Å². The highest BCUT2D eigenvalue weighted by atomic mass is 35.5. The van der Waals surface area contributed by atoms with Crippen LogP contribution in [0.5, 0.6) is 0 Å². The highest BCUT2D eigenvalue weighted by Gasteiger charge is 2.48. The summed E-state index contributed by atoms with van der Waals surface area (Å²) in [6, 6.07) is 8.71. The number of piperidine rings is 1. The smallest absolute Gasteiger partial charge is 0.0616 e. The van der Waals surface area contributed by atoms with E-state index < -0.39 is 0 Å². The van der Waals surface area contributed by atoms with Gasteiger partial charge in [-0.1, -0.05) is 18.2 Å². The molecule has 2 aliphatic rings. The first-order valence-electron chi connectivity index (χ1n) is 6.05. The van der Waals surface area contributed by atoms with Crippen molar-refractivity contribution < 1.29 is 0 Å². The summed E-state index contributed by atoms with van der Waals surface area (Å²) in [6.07, 6.45) is 2.28. The van der Waals surface area contributed by atoms with Crippen LogP contribution in [0.1, 0.15) is 24.4 Å². The average Bonchev–Trinajstić information content (AvgIpc) is 2.55. The number of halogens is 1. The van der Waals surface area contributed by atoms with Crippen LogP contribution in [0.3, 0.4) is 0 Å². The van der Waals surface area contributed by atoms with Gasteiger partial charge < -0.3 is 16.0 Å². The molecular formula is C13H20ClN3. The third kappa shape index (κ3) is 1.65. The van der Waals surface area contributed by atoms with Gasteiger partial charge >= 0.3 is 0 Å². The summed E-state index contributed by atoms with van der Waals surface area (Å²) in [6.45, 7) is 2.15. The lowest BCUT2D eigenvalue weighted by Crippen LogP contribution is -2.55. The zero-order valence-corrected chi connectivity index (χ0v) is 11.0. The molecule has 1 spiro atoms. The van der Waals surface area contributed by atoms with Crippen molar-refractivity contribution >= 4 is 18.1 Å². The summed E-state index contributed by atoms with van der Waals surface area (Å²) in [7, 11) is 2.19. The zero-order chi connectivity index (χ0) is 11.2. The molecule has 0 amide bonds. The maximum Gasteiger partial charge on any atom is 0.0616 e. The van der Waals surface area contributed by atoms with Crippen LogP contribution in [-0.4, -0.2) is 25.7 Å². The van der Waals surface area contributed by atoms with Crippen LogP contribution in [0, 0.1) is 0 Å². The molecule has 4 heteroatoms. The molecule has 0 aromatic heterocycles. The third-order valence-corrected chi connectivity index (χ3v) is 4.35. The van der Waals surface area contributed by atoms with Gasteiger partial charge in [0.1, 0.15) is 0 Å². The van der Waals surface area contributed by atoms with Crippen molar-refractivity contribution in [1.29, 1.82) is 0 Å². The molecule has 1 aromatic carbocycles. The van der Waals surface area contributed by atoms with E-state index in [1.807, 2.05) is 0 Å². The molecular weight excluding hydrogens is 234 g/mol. The molecule has 0 aliphatic carbocycles. The molecule has 2 aliphatic heterocycles. The predicted octanol–water partition coefficient (Wildman–Crippen LogP) is 1.68. The Hall–Kier alpha value is -0.770. The lowest BCUT2D eigenvalue weighted by Gasteiger charge is -2.44. The second kappa shape index (κ2) is 4.48. The van der Waals surface area contributed by atoms with E-state index in [1.165, 1.54) is 11.3 Å². The summed E-state index contributed by atoms with van der Waals surface area (Å²) < 4.78 is 0. The first kappa shape index (κ1) is 12.7. The average molecular weight is 254 g/mol. The number of nitrogens with one attached hydrogen (secondary N) is 1. The first-order valence-corrected chi connectivity index (χ1v) is 6.05. The fourth-order valence-electron chi connectivity index (χ4n) is 3.30. The van der Waals surface area contributed by atoms with Crippen molar-refractivity contribution in [3.05, 3.63) is 29.8 Å². The quantitative estimate of drug-likeness (QED) is 0.739. The van der Waals surface area contributed by atoms with Gasteiger partial charge in [0.25, 0.3) is 0 Å². The Labute approximate surface area is 109 Å². The fraction of sp³-hybridized carbons (Fsp3) is 0.538. The van der Waals surface area contributed by atoms with Crippen LogP contribution < -0.4 is 16.0 Å². The number of anilines is 1. The summed E-state index contributed by atoms with van der Waals surface area (Å²) in [5, 5.41) is 3.42. The molecule has 17 heavy (non-hydrogen) atoms. The van der Waals surface area contributed by atoms with E-state index in [0.29, 0.717) is 0 Å². The van der Waals surface area contributed by atoms with Gasteiger partial charge in [0.05, 0.1) is 11.6 Å². The third-order valence-electron chi connectivity index (χ3n) is 4.35. The Morgan fingerprint density at radius 3 is 2.59 bits per heavy atom. The van der Waals surface area contributed by atoms with Crippen LogP contribution in [0.2, 0.25) is 0 Å². The number of fused-ring (bicyclic) bond motifs is 1. The van der Waals surface area contributed by atoms with Crippen LogP contribution in [0.15, 0.2) is 24.3 Å². The minimum absolute atomic E-state index is 0. The Bertz CT molecular complexity index is 370. The van der Waals surface area contributed by atoms with Crippen LogP contribution in [0.4, 0.5) is 5.69 Å². The number of nitrogens with zero attached hydrogens (tertiary/aromatic N) is 1. The normalized spacial score (nSPS) is 25.5. The highest BCUT2D eigenvalue weighted by molar-refractivity contribution is 5.85. The molecule has 1 saturated heterocycles. The van der Waals surface area contributed by atoms with Crippen LogP contribution in [0.25, 0.3) is 0 Å². The maximum atomic E-state index is 6.48. The largest absolute Gasteiger partial charge is 0.367 e. The zero-order valence-electron chi connectivity index (χ0n) is 10.1. The molecule has 3 nitrogen and oxygen atoms in total.